The Morgan fingerprint density at radius 2 is 2.24 bits per heavy atom. The van der Waals surface area contributed by atoms with Crippen LogP contribution in [0.4, 0.5) is 5.69 Å². The van der Waals surface area contributed by atoms with Gasteiger partial charge in [-0.15, -0.1) is 10.2 Å². The molecule has 102 valence electrons. The normalized spacial score (nSPS) is 11.1. The number of hydrogen-bond acceptors (Lipinski definition) is 6. The van der Waals surface area contributed by atoms with Gasteiger partial charge in [-0.3, -0.25) is 0 Å². The summed E-state index contributed by atoms with van der Waals surface area (Å²) in [6.07, 6.45) is 1.58. The van der Waals surface area contributed by atoms with Crippen molar-refractivity contribution in [3.8, 4) is 17.2 Å². The van der Waals surface area contributed by atoms with Gasteiger partial charge in [0.05, 0.1) is 0 Å². The van der Waals surface area contributed by atoms with E-state index in [1.807, 2.05) is 35.7 Å². The first kappa shape index (κ1) is 13.0. The topological polar surface area (TPSA) is 90.3 Å². The first-order chi connectivity index (χ1) is 10.4. The molecule has 21 heavy (non-hydrogen) atoms. The van der Waals surface area contributed by atoms with Crippen molar-refractivity contribution in [2.24, 2.45) is 0 Å². The van der Waals surface area contributed by atoms with Crippen LogP contribution in [0.5, 0.6) is 0 Å². The Morgan fingerprint density at radius 3 is 2.95 bits per heavy atom. The Morgan fingerprint density at radius 1 is 1.33 bits per heavy atom. The van der Waals surface area contributed by atoms with E-state index in [9.17, 15) is 0 Å². The van der Waals surface area contributed by atoms with E-state index < -0.39 is 0 Å². The molecule has 0 aliphatic rings. The lowest BCUT2D eigenvalue weighted by atomic mass is 10.1. The maximum atomic E-state index is 9.15. The molecule has 0 amide bonds. The smallest absolute Gasteiger partial charge is 0.216 e. The van der Waals surface area contributed by atoms with E-state index in [0.29, 0.717) is 5.57 Å². The highest BCUT2D eigenvalue weighted by Crippen LogP contribution is 2.29. The zero-order chi connectivity index (χ0) is 14.5. The maximum Gasteiger partial charge on any atom is 0.216 e. The van der Waals surface area contributed by atoms with Crippen LogP contribution in [0.2, 0.25) is 0 Å². The monoisotopic (exact) mass is 294 g/mol. The molecule has 3 rings (SSSR count). The summed E-state index contributed by atoms with van der Waals surface area (Å²) in [5.41, 5.74) is 3.42. The van der Waals surface area contributed by atoms with Crippen molar-refractivity contribution in [3.05, 3.63) is 53.1 Å². The van der Waals surface area contributed by atoms with Crippen molar-refractivity contribution >= 4 is 22.6 Å². The molecule has 2 heterocycles. The molecule has 2 N–H and O–H groups in total. The molecule has 0 atom stereocenters. The third kappa shape index (κ3) is 2.80. The molecule has 7 heteroatoms. The summed E-state index contributed by atoms with van der Waals surface area (Å²) in [5.74, 6) is 0.262. The molecule has 0 unspecified atom stereocenters. The van der Waals surface area contributed by atoms with Gasteiger partial charge >= 0.3 is 0 Å². The number of tetrazole rings is 1. The average molecular weight is 294 g/mol. The fraction of sp³-hybridized carbons (Fsp3) is 0. The van der Waals surface area contributed by atoms with Gasteiger partial charge in [-0.1, -0.05) is 18.2 Å². The molecule has 2 aromatic heterocycles. The van der Waals surface area contributed by atoms with Gasteiger partial charge in [0.25, 0.3) is 0 Å². The van der Waals surface area contributed by atoms with Crippen LogP contribution < -0.4 is 5.32 Å². The number of allylic oxidation sites excluding steroid dienone is 1. The van der Waals surface area contributed by atoms with E-state index in [-0.39, 0.29) is 5.82 Å². The van der Waals surface area contributed by atoms with Crippen molar-refractivity contribution in [2.45, 2.75) is 0 Å². The molecular weight excluding hydrogens is 284 g/mol. The second-order valence-electron chi connectivity index (χ2n) is 4.11. The second-order valence-corrected chi connectivity index (χ2v) is 4.89. The summed E-state index contributed by atoms with van der Waals surface area (Å²) in [6.45, 7) is 0. The summed E-state index contributed by atoms with van der Waals surface area (Å²) >= 11 is 1.64. The number of thiophene rings is 1. The second kappa shape index (κ2) is 5.98. The van der Waals surface area contributed by atoms with Crippen molar-refractivity contribution in [2.75, 3.05) is 5.32 Å². The van der Waals surface area contributed by atoms with Crippen LogP contribution in [0.1, 0.15) is 5.82 Å². The number of nitrogens with one attached hydrogen (secondary N) is 2. The lowest BCUT2D eigenvalue weighted by Crippen LogP contribution is -1.94. The highest BCUT2D eigenvalue weighted by Gasteiger charge is 2.07. The number of anilines is 1. The van der Waals surface area contributed by atoms with E-state index in [2.05, 4.69) is 37.4 Å². The first-order valence-electron chi connectivity index (χ1n) is 6.10. The number of aromatic nitrogens is 4. The largest absolute Gasteiger partial charge is 0.360 e. The zero-order valence-corrected chi connectivity index (χ0v) is 11.6. The van der Waals surface area contributed by atoms with Crippen molar-refractivity contribution in [1.82, 2.24) is 20.6 Å². The molecule has 1 aromatic carbocycles. The summed E-state index contributed by atoms with van der Waals surface area (Å²) < 4.78 is 0. The Bertz CT molecular complexity index is 783. The number of benzene rings is 1. The predicted molar refractivity (Wildman–Crippen MR) is 81.1 cm³/mol. The van der Waals surface area contributed by atoms with Gasteiger partial charge in [0.2, 0.25) is 5.82 Å². The minimum Gasteiger partial charge on any atom is -0.360 e. The molecule has 0 saturated carbocycles. The lowest BCUT2D eigenvalue weighted by Gasteiger charge is -2.07. The van der Waals surface area contributed by atoms with Crippen LogP contribution in [-0.4, -0.2) is 20.6 Å². The number of para-hydroxylation sites is 1. The Hall–Kier alpha value is -2.98. The summed E-state index contributed by atoms with van der Waals surface area (Å²) in [4.78, 5) is 0. The predicted octanol–water partition coefficient (Wildman–Crippen LogP) is 2.90. The van der Waals surface area contributed by atoms with E-state index in [1.165, 1.54) is 0 Å². The van der Waals surface area contributed by atoms with Crippen molar-refractivity contribution < 1.29 is 0 Å². The van der Waals surface area contributed by atoms with Crippen LogP contribution >= 0.6 is 11.3 Å². The molecule has 6 nitrogen and oxygen atoms in total. The number of nitriles is 1. The molecule has 0 fully saturated rings. The Labute approximate surface area is 124 Å². The number of hydrogen-bond donors (Lipinski definition) is 2. The molecule has 0 aliphatic heterocycles. The highest BCUT2D eigenvalue weighted by molar-refractivity contribution is 7.08. The summed E-state index contributed by atoms with van der Waals surface area (Å²) in [7, 11) is 0. The SMILES string of the molecule is N#CC(=CNc1ccccc1-c1ccsc1)c1nn[nH]n1. The van der Waals surface area contributed by atoms with E-state index in [0.717, 1.165) is 16.8 Å². The van der Waals surface area contributed by atoms with Crippen LogP contribution in [-0.2, 0) is 0 Å². The molecule has 0 radical (unpaired) electrons. The summed E-state index contributed by atoms with van der Waals surface area (Å²) in [5, 5.41) is 29.8. The van der Waals surface area contributed by atoms with Gasteiger partial charge < -0.3 is 5.32 Å². The van der Waals surface area contributed by atoms with Gasteiger partial charge in [0.15, 0.2) is 0 Å². The summed E-state index contributed by atoms with van der Waals surface area (Å²) in [6, 6.07) is 12.0. The molecule has 0 spiro atoms. The Kier molecular flexibility index (Phi) is 3.71. The molecule has 3 aromatic rings. The van der Waals surface area contributed by atoms with Crippen LogP contribution in [0.25, 0.3) is 16.7 Å². The van der Waals surface area contributed by atoms with Gasteiger partial charge in [0, 0.05) is 17.5 Å². The molecular formula is C14H10N6S. The first-order valence-corrected chi connectivity index (χ1v) is 7.05. The van der Waals surface area contributed by atoms with Crippen LogP contribution in [0, 0.1) is 11.3 Å². The minimum atomic E-state index is 0.262. The van der Waals surface area contributed by atoms with E-state index >= 15 is 0 Å². The van der Waals surface area contributed by atoms with Gasteiger partial charge in [-0.05, 0) is 33.7 Å². The van der Waals surface area contributed by atoms with Gasteiger partial charge in [0.1, 0.15) is 11.6 Å². The quantitative estimate of drug-likeness (QED) is 0.722. The van der Waals surface area contributed by atoms with E-state index in [4.69, 9.17) is 5.26 Å². The molecule has 0 aliphatic carbocycles. The van der Waals surface area contributed by atoms with Crippen molar-refractivity contribution in [1.29, 1.82) is 5.26 Å². The number of rotatable bonds is 4. The third-order valence-corrected chi connectivity index (χ3v) is 3.52. The average Bonchev–Trinajstić information content (AvgIpc) is 3.22. The fourth-order valence-electron chi connectivity index (χ4n) is 1.85. The fourth-order valence-corrected chi connectivity index (χ4v) is 2.51. The van der Waals surface area contributed by atoms with Crippen LogP contribution in [0.3, 0.4) is 0 Å². The number of H-pyrrole nitrogens is 1. The maximum absolute atomic E-state index is 9.15. The number of aromatic amines is 1. The van der Waals surface area contributed by atoms with E-state index in [1.54, 1.807) is 17.5 Å². The zero-order valence-electron chi connectivity index (χ0n) is 10.8. The van der Waals surface area contributed by atoms with Crippen LogP contribution in [0.15, 0.2) is 47.3 Å². The highest BCUT2D eigenvalue weighted by atomic mass is 32.1. The Balaban J connectivity index is 1.91. The standard InChI is InChI=1S/C14H10N6S/c15-7-11(14-17-19-20-18-14)8-16-13-4-2-1-3-12(13)10-5-6-21-9-10/h1-6,8-9,16H,(H,17,18,19,20). The lowest BCUT2D eigenvalue weighted by molar-refractivity contribution is 0.881. The molecule has 0 saturated heterocycles. The number of nitrogens with zero attached hydrogens (tertiary/aromatic N) is 4. The minimum absolute atomic E-state index is 0.262. The van der Waals surface area contributed by atoms with Crippen molar-refractivity contribution in [3.63, 3.8) is 0 Å². The third-order valence-electron chi connectivity index (χ3n) is 2.84. The molecule has 0 bridgehead atoms. The van der Waals surface area contributed by atoms with Gasteiger partial charge in [-0.2, -0.15) is 21.8 Å². The van der Waals surface area contributed by atoms with Gasteiger partial charge in [-0.25, -0.2) is 0 Å².